The molecule has 0 rings (SSSR count). The molecule has 0 aromatic carbocycles. The lowest BCUT2D eigenvalue weighted by Crippen LogP contribution is -2.33. The Hall–Kier alpha value is -0.500. The van der Waals surface area contributed by atoms with Gasteiger partial charge in [0.15, 0.2) is 0 Å². The first-order chi connectivity index (χ1) is 5.52. The van der Waals surface area contributed by atoms with Crippen molar-refractivity contribution >= 4 is 17.3 Å². The predicted octanol–water partition coefficient (Wildman–Crippen LogP) is -1.79. The van der Waals surface area contributed by atoms with Gasteiger partial charge in [0.2, 0.25) is 5.91 Å². The standard InChI is InChI=1S/C5H12N2O4S/c1-7(4-5(6)8)2-3-11-12(9)10/h2-4H2,1H3,(H2,6,8)(H,9,10)/p-1. The molecule has 0 radical (unpaired) electrons. The van der Waals surface area contributed by atoms with Crippen LogP contribution < -0.4 is 5.73 Å². The van der Waals surface area contributed by atoms with E-state index >= 15 is 0 Å². The van der Waals surface area contributed by atoms with Crippen LogP contribution in [0.25, 0.3) is 0 Å². The summed E-state index contributed by atoms with van der Waals surface area (Å²) < 4.78 is 24.0. The summed E-state index contributed by atoms with van der Waals surface area (Å²) in [5.74, 6) is -0.458. The van der Waals surface area contributed by atoms with E-state index in [0.29, 0.717) is 6.54 Å². The molecule has 0 aliphatic carbocycles. The van der Waals surface area contributed by atoms with Gasteiger partial charge in [-0.1, -0.05) is 0 Å². The summed E-state index contributed by atoms with van der Waals surface area (Å²) in [6.45, 7) is 0.464. The Bertz CT molecular complexity index is 175. The quantitative estimate of drug-likeness (QED) is 0.505. The van der Waals surface area contributed by atoms with Crippen molar-refractivity contribution in [3.8, 4) is 0 Å². The summed E-state index contributed by atoms with van der Waals surface area (Å²) in [7, 11) is 1.64. The maximum absolute atomic E-state index is 10.3. The number of hydrogen-bond donors (Lipinski definition) is 1. The Morgan fingerprint density at radius 1 is 1.75 bits per heavy atom. The number of amides is 1. The van der Waals surface area contributed by atoms with Gasteiger partial charge in [-0.2, -0.15) is 0 Å². The second kappa shape index (κ2) is 6.06. The summed E-state index contributed by atoms with van der Waals surface area (Å²) >= 11 is -2.49. The molecule has 6 nitrogen and oxygen atoms in total. The fourth-order valence-electron chi connectivity index (χ4n) is 0.606. The molecule has 0 aliphatic heterocycles. The molecule has 1 amide bonds. The van der Waals surface area contributed by atoms with Crippen molar-refractivity contribution in [1.29, 1.82) is 0 Å². The van der Waals surface area contributed by atoms with Gasteiger partial charge in [0.05, 0.1) is 24.5 Å². The molecule has 0 saturated heterocycles. The minimum Gasteiger partial charge on any atom is -0.750 e. The van der Waals surface area contributed by atoms with Crippen LogP contribution in [-0.4, -0.2) is 46.3 Å². The first-order valence-corrected chi connectivity index (χ1v) is 4.21. The summed E-state index contributed by atoms with van der Waals surface area (Å²) in [4.78, 5) is 11.9. The lowest BCUT2D eigenvalue weighted by Gasteiger charge is -2.14. The zero-order valence-corrected chi connectivity index (χ0v) is 7.50. The van der Waals surface area contributed by atoms with Crippen LogP contribution in [0.3, 0.4) is 0 Å². The van der Waals surface area contributed by atoms with Gasteiger partial charge >= 0.3 is 0 Å². The molecule has 0 spiro atoms. The van der Waals surface area contributed by atoms with Crippen molar-refractivity contribution in [2.75, 3.05) is 26.7 Å². The van der Waals surface area contributed by atoms with E-state index in [1.165, 1.54) is 0 Å². The predicted molar refractivity (Wildman–Crippen MR) is 41.6 cm³/mol. The highest BCUT2D eigenvalue weighted by Crippen LogP contribution is 1.84. The lowest BCUT2D eigenvalue weighted by atomic mass is 10.5. The molecule has 1 atom stereocenters. The van der Waals surface area contributed by atoms with Crippen LogP contribution in [0, 0.1) is 0 Å². The zero-order chi connectivity index (χ0) is 9.56. The zero-order valence-electron chi connectivity index (χ0n) is 6.69. The minimum absolute atomic E-state index is 0.0277. The first-order valence-electron chi connectivity index (χ1n) is 3.21. The van der Waals surface area contributed by atoms with Crippen molar-refractivity contribution in [1.82, 2.24) is 4.90 Å². The molecule has 7 heteroatoms. The number of carbonyl (C=O) groups excluding carboxylic acids is 1. The fourth-order valence-corrected chi connectivity index (χ4v) is 0.817. The van der Waals surface area contributed by atoms with Gasteiger partial charge in [-0.3, -0.25) is 13.9 Å². The van der Waals surface area contributed by atoms with Gasteiger partial charge in [-0.25, -0.2) is 4.21 Å². The average Bonchev–Trinajstić information content (AvgIpc) is 1.84. The Kier molecular flexibility index (Phi) is 5.81. The van der Waals surface area contributed by atoms with Crippen molar-refractivity contribution in [2.45, 2.75) is 0 Å². The molecular weight excluding hydrogens is 184 g/mol. The second-order valence-electron chi connectivity index (χ2n) is 2.23. The van der Waals surface area contributed by atoms with E-state index in [-0.39, 0.29) is 13.2 Å². The normalized spacial score (nSPS) is 13.2. The summed E-state index contributed by atoms with van der Waals surface area (Å²) in [6, 6.07) is 0. The number of carbonyl (C=O) groups is 1. The van der Waals surface area contributed by atoms with Crippen LogP contribution in [0.4, 0.5) is 0 Å². The molecule has 0 aromatic heterocycles. The van der Waals surface area contributed by atoms with E-state index < -0.39 is 17.3 Å². The maximum atomic E-state index is 10.3. The molecule has 2 N–H and O–H groups in total. The highest BCUT2D eigenvalue weighted by atomic mass is 32.2. The Labute approximate surface area is 73.2 Å². The van der Waals surface area contributed by atoms with Crippen molar-refractivity contribution in [2.24, 2.45) is 5.73 Å². The number of primary amides is 1. The molecule has 0 aromatic rings. The third kappa shape index (κ3) is 7.61. The summed E-state index contributed by atoms with van der Waals surface area (Å²) in [5.41, 5.74) is 4.88. The van der Waals surface area contributed by atoms with Crippen LogP contribution in [0.2, 0.25) is 0 Å². The summed E-state index contributed by atoms with van der Waals surface area (Å²) in [5, 5.41) is 0. The largest absolute Gasteiger partial charge is 0.750 e. The van der Waals surface area contributed by atoms with E-state index in [0.717, 1.165) is 0 Å². The monoisotopic (exact) mass is 195 g/mol. The SMILES string of the molecule is CN(CCOS(=O)[O-])CC(N)=O. The highest BCUT2D eigenvalue weighted by Gasteiger charge is 2.01. The Balaban J connectivity index is 3.37. The molecule has 0 saturated carbocycles. The smallest absolute Gasteiger partial charge is 0.231 e. The van der Waals surface area contributed by atoms with E-state index in [1.54, 1.807) is 11.9 Å². The number of hydrogen-bond acceptors (Lipinski definition) is 5. The summed E-state index contributed by atoms with van der Waals surface area (Å²) in [6.07, 6.45) is 0. The second-order valence-corrected chi connectivity index (χ2v) is 2.87. The maximum Gasteiger partial charge on any atom is 0.231 e. The fraction of sp³-hybridized carbons (Fsp3) is 0.800. The lowest BCUT2D eigenvalue weighted by molar-refractivity contribution is -0.118. The molecule has 1 unspecified atom stereocenters. The molecular formula is C5H11N2O4S-. The molecule has 0 fully saturated rings. The third-order valence-electron chi connectivity index (χ3n) is 1.08. The number of likely N-dealkylation sites (N-methyl/N-ethyl adjacent to an activating group) is 1. The third-order valence-corrected chi connectivity index (χ3v) is 1.44. The van der Waals surface area contributed by atoms with Gasteiger partial charge in [-0.15, -0.1) is 0 Å². The van der Waals surface area contributed by atoms with Crippen LogP contribution in [0.5, 0.6) is 0 Å². The molecule has 12 heavy (non-hydrogen) atoms. The minimum atomic E-state index is -2.49. The van der Waals surface area contributed by atoms with Gasteiger partial charge in [0, 0.05) is 6.54 Å². The van der Waals surface area contributed by atoms with Gasteiger partial charge in [-0.05, 0) is 7.05 Å². The van der Waals surface area contributed by atoms with E-state index in [9.17, 15) is 13.6 Å². The van der Waals surface area contributed by atoms with Gasteiger partial charge in [0.1, 0.15) is 0 Å². The average molecular weight is 195 g/mol. The number of nitrogens with two attached hydrogens (primary N) is 1. The van der Waals surface area contributed by atoms with Crippen LogP contribution >= 0.6 is 0 Å². The Morgan fingerprint density at radius 3 is 2.75 bits per heavy atom. The highest BCUT2D eigenvalue weighted by molar-refractivity contribution is 7.74. The van der Waals surface area contributed by atoms with E-state index in [4.69, 9.17) is 5.73 Å². The van der Waals surface area contributed by atoms with Gasteiger partial charge in [0.25, 0.3) is 0 Å². The topological polar surface area (TPSA) is 95.7 Å². The Morgan fingerprint density at radius 2 is 2.33 bits per heavy atom. The van der Waals surface area contributed by atoms with Crippen molar-refractivity contribution in [3.63, 3.8) is 0 Å². The molecule has 72 valence electrons. The number of rotatable bonds is 6. The van der Waals surface area contributed by atoms with Gasteiger partial charge < -0.3 is 10.3 Å². The van der Waals surface area contributed by atoms with E-state index in [1.807, 2.05) is 0 Å². The molecule has 0 bridgehead atoms. The van der Waals surface area contributed by atoms with Crippen molar-refractivity contribution in [3.05, 3.63) is 0 Å². The van der Waals surface area contributed by atoms with Crippen LogP contribution in [0.15, 0.2) is 0 Å². The number of nitrogens with zero attached hydrogens (tertiary/aromatic N) is 1. The van der Waals surface area contributed by atoms with Crippen LogP contribution in [-0.2, 0) is 20.3 Å². The first kappa shape index (κ1) is 11.5. The van der Waals surface area contributed by atoms with Crippen LogP contribution in [0.1, 0.15) is 0 Å². The molecule has 0 heterocycles. The molecule has 0 aliphatic rings. The van der Waals surface area contributed by atoms with E-state index in [2.05, 4.69) is 4.18 Å². The van der Waals surface area contributed by atoms with Crippen molar-refractivity contribution < 1.29 is 17.7 Å².